The summed E-state index contributed by atoms with van der Waals surface area (Å²) in [5.41, 5.74) is 2.25. The van der Waals surface area contributed by atoms with Gasteiger partial charge in [0.15, 0.2) is 4.77 Å². The fourth-order valence-corrected chi connectivity index (χ4v) is 2.44. The van der Waals surface area contributed by atoms with Gasteiger partial charge in [-0.2, -0.15) is 5.10 Å². The van der Waals surface area contributed by atoms with E-state index in [0.29, 0.717) is 4.77 Å². The molecule has 0 fully saturated rings. The lowest BCUT2D eigenvalue weighted by atomic mass is 10.2. The summed E-state index contributed by atoms with van der Waals surface area (Å²) in [7, 11) is 0. The standard InChI is InChI=1S/C12H14BrN3S/c1-3-4-11-14-15-12(17)16(11)10-7-8(2)5-6-9(10)13/h5-7H,3-4H2,1-2H3,(H,15,17). The van der Waals surface area contributed by atoms with Gasteiger partial charge in [0.1, 0.15) is 5.82 Å². The summed E-state index contributed by atoms with van der Waals surface area (Å²) in [4.78, 5) is 0. The lowest BCUT2D eigenvalue weighted by Gasteiger charge is -2.09. The van der Waals surface area contributed by atoms with Crippen LogP contribution in [0.5, 0.6) is 0 Å². The number of halogens is 1. The summed E-state index contributed by atoms with van der Waals surface area (Å²) in [6.07, 6.45) is 1.95. The summed E-state index contributed by atoms with van der Waals surface area (Å²) in [6.45, 7) is 4.20. The van der Waals surface area contributed by atoms with Crippen LogP contribution in [0, 0.1) is 11.7 Å². The third-order valence-corrected chi connectivity index (χ3v) is 3.50. The van der Waals surface area contributed by atoms with Crippen LogP contribution in [0.2, 0.25) is 0 Å². The van der Waals surface area contributed by atoms with Gasteiger partial charge in [0.2, 0.25) is 0 Å². The van der Waals surface area contributed by atoms with Gasteiger partial charge in [0, 0.05) is 10.9 Å². The van der Waals surface area contributed by atoms with Crippen LogP contribution in [0.25, 0.3) is 5.69 Å². The van der Waals surface area contributed by atoms with Crippen molar-refractivity contribution in [3.05, 3.63) is 38.8 Å². The first-order chi connectivity index (χ1) is 8.13. The fraction of sp³-hybridized carbons (Fsp3) is 0.333. The van der Waals surface area contributed by atoms with Crippen molar-refractivity contribution >= 4 is 28.1 Å². The average molecular weight is 312 g/mol. The van der Waals surface area contributed by atoms with Gasteiger partial charge in [-0.25, -0.2) is 0 Å². The largest absolute Gasteiger partial charge is 0.271 e. The van der Waals surface area contributed by atoms with Crippen molar-refractivity contribution < 1.29 is 0 Å². The summed E-state index contributed by atoms with van der Waals surface area (Å²) in [5, 5.41) is 7.14. The Morgan fingerprint density at radius 3 is 2.94 bits per heavy atom. The smallest absolute Gasteiger partial charge is 0.199 e. The number of aromatic amines is 1. The van der Waals surface area contributed by atoms with E-state index < -0.39 is 0 Å². The van der Waals surface area contributed by atoms with Crippen molar-refractivity contribution in [3.8, 4) is 5.69 Å². The Hall–Kier alpha value is -0.940. The Balaban J connectivity index is 2.63. The molecule has 0 saturated heterocycles. The average Bonchev–Trinajstić information content (AvgIpc) is 2.64. The van der Waals surface area contributed by atoms with E-state index in [0.717, 1.165) is 28.8 Å². The molecule has 0 aliphatic heterocycles. The maximum absolute atomic E-state index is 5.30. The molecule has 3 nitrogen and oxygen atoms in total. The zero-order valence-electron chi connectivity index (χ0n) is 9.83. The Morgan fingerprint density at radius 1 is 1.47 bits per heavy atom. The molecule has 0 atom stereocenters. The van der Waals surface area contributed by atoms with Gasteiger partial charge in [-0.15, -0.1) is 0 Å². The number of H-pyrrole nitrogens is 1. The van der Waals surface area contributed by atoms with Gasteiger partial charge < -0.3 is 0 Å². The molecule has 5 heteroatoms. The quantitative estimate of drug-likeness (QED) is 0.871. The van der Waals surface area contributed by atoms with Crippen LogP contribution >= 0.6 is 28.1 Å². The molecule has 17 heavy (non-hydrogen) atoms. The molecule has 0 spiro atoms. The summed E-state index contributed by atoms with van der Waals surface area (Å²) >= 11 is 8.86. The molecule has 0 amide bonds. The molecule has 90 valence electrons. The monoisotopic (exact) mass is 311 g/mol. The molecule has 1 aromatic heterocycles. The third kappa shape index (κ3) is 2.50. The maximum atomic E-state index is 5.30. The van der Waals surface area contributed by atoms with Crippen molar-refractivity contribution in [1.82, 2.24) is 14.8 Å². The van der Waals surface area contributed by atoms with Gasteiger partial charge >= 0.3 is 0 Å². The molecule has 0 saturated carbocycles. The number of hydrogen-bond acceptors (Lipinski definition) is 2. The Morgan fingerprint density at radius 2 is 2.24 bits per heavy atom. The topological polar surface area (TPSA) is 33.6 Å². The molecule has 0 radical (unpaired) electrons. The Bertz CT molecular complexity index is 586. The first-order valence-electron chi connectivity index (χ1n) is 5.56. The molecule has 0 bridgehead atoms. The number of nitrogens with one attached hydrogen (secondary N) is 1. The second-order valence-electron chi connectivity index (χ2n) is 3.99. The molecular weight excluding hydrogens is 298 g/mol. The van der Waals surface area contributed by atoms with Gasteiger partial charge in [-0.1, -0.05) is 13.0 Å². The van der Waals surface area contributed by atoms with E-state index in [4.69, 9.17) is 12.2 Å². The second kappa shape index (κ2) is 5.14. The van der Waals surface area contributed by atoms with Gasteiger partial charge in [0.05, 0.1) is 5.69 Å². The van der Waals surface area contributed by atoms with Crippen molar-refractivity contribution in [2.24, 2.45) is 0 Å². The first kappa shape index (κ1) is 12.5. The molecule has 0 aliphatic carbocycles. The zero-order chi connectivity index (χ0) is 12.4. The normalized spacial score (nSPS) is 10.8. The van der Waals surface area contributed by atoms with Crippen LogP contribution in [-0.4, -0.2) is 14.8 Å². The minimum absolute atomic E-state index is 0.639. The van der Waals surface area contributed by atoms with E-state index in [1.807, 2.05) is 10.6 Å². The van der Waals surface area contributed by atoms with E-state index in [-0.39, 0.29) is 0 Å². The number of hydrogen-bond donors (Lipinski definition) is 1. The van der Waals surface area contributed by atoms with Gasteiger partial charge in [-0.05, 0) is 59.2 Å². The summed E-state index contributed by atoms with van der Waals surface area (Å²) < 4.78 is 3.66. The van der Waals surface area contributed by atoms with Crippen LogP contribution in [0.4, 0.5) is 0 Å². The van der Waals surface area contributed by atoms with E-state index in [9.17, 15) is 0 Å². The maximum Gasteiger partial charge on any atom is 0.199 e. The van der Waals surface area contributed by atoms with Gasteiger partial charge in [0.25, 0.3) is 0 Å². The van der Waals surface area contributed by atoms with Crippen LogP contribution < -0.4 is 0 Å². The number of rotatable bonds is 3. The molecular formula is C12H14BrN3S. The number of aromatic nitrogens is 3. The molecule has 2 rings (SSSR count). The molecule has 2 aromatic rings. The first-order valence-corrected chi connectivity index (χ1v) is 6.76. The van der Waals surface area contributed by atoms with Crippen molar-refractivity contribution in [2.45, 2.75) is 26.7 Å². The highest BCUT2D eigenvalue weighted by Gasteiger charge is 2.10. The second-order valence-corrected chi connectivity index (χ2v) is 5.23. The SMILES string of the molecule is CCCc1n[nH]c(=S)n1-c1cc(C)ccc1Br. The molecule has 0 aliphatic rings. The van der Waals surface area contributed by atoms with Crippen molar-refractivity contribution in [1.29, 1.82) is 0 Å². The Labute approximate surface area is 114 Å². The van der Waals surface area contributed by atoms with Crippen molar-refractivity contribution in [2.75, 3.05) is 0 Å². The van der Waals surface area contributed by atoms with E-state index in [1.54, 1.807) is 0 Å². The van der Waals surface area contributed by atoms with E-state index in [1.165, 1.54) is 5.56 Å². The van der Waals surface area contributed by atoms with Crippen LogP contribution in [0.15, 0.2) is 22.7 Å². The zero-order valence-corrected chi connectivity index (χ0v) is 12.2. The summed E-state index contributed by atoms with van der Waals surface area (Å²) in [6, 6.07) is 6.21. The van der Waals surface area contributed by atoms with E-state index in [2.05, 4.69) is 52.1 Å². The van der Waals surface area contributed by atoms with Crippen LogP contribution in [0.3, 0.4) is 0 Å². The van der Waals surface area contributed by atoms with Crippen LogP contribution in [-0.2, 0) is 6.42 Å². The molecule has 1 N–H and O–H groups in total. The predicted molar refractivity (Wildman–Crippen MR) is 75.2 cm³/mol. The minimum atomic E-state index is 0.639. The van der Waals surface area contributed by atoms with Crippen molar-refractivity contribution in [3.63, 3.8) is 0 Å². The lowest BCUT2D eigenvalue weighted by Crippen LogP contribution is -2.02. The third-order valence-electron chi connectivity index (χ3n) is 2.56. The highest BCUT2D eigenvalue weighted by molar-refractivity contribution is 9.10. The fourth-order valence-electron chi connectivity index (χ4n) is 1.76. The molecule has 1 aromatic carbocycles. The molecule has 0 unspecified atom stereocenters. The predicted octanol–water partition coefficient (Wildman–Crippen LogP) is 3.95. The lowest BCUT2D eigenvalue weighted by molar-refractivity contribution is 0.800. The Kier molecular flexibility index (Phi) is 3.79. The number of nitrogens with zero attached hydrogens (tertiary/aromatic N) is 2. The summed E-state index contributed by atoms with van der Waals surface area (Å²) in [5.74, 6) is 0.976. The number of aryl methyl sites for hydroxylation is 2. The number of benzene rings is 1. The highest BCUT2D eigenvalue weighted by atomic mass is 79.9. The highest BCUT2D eigenvalue weighted by Crippen LogP contribution is 2.23. The van der Waals surface area contributed by atoms with Crippen LogP contribution in [0.1, 0.15) is 24.7 Å². The van der Waals surface area contributed by atoms with Gasteiger partial charge in [-0.3, -0.25) is 9.67 Å². The minimum Gasteiger partial charge on any atom is -0.271 e. The van der Waals surface area contributed by atoms with E-state index >= 15 is 0 Å². The molecule has 1 heterocycles.